The molecule has 0 radical (unpaired) electrons. The van der Waals surface area contributed by atoms with Gasteiger partial charge >= 0.3 is 0 Å². The lowest BCUT2D eigenvalue weighted by Gasteiger charge is -2.35. The molecule has 1 aliphatic carbocycles. The van der Waals surface area contributed by atoms with E-state index in [1.807, 2.05) is 36.9 Å². The second-order valence-corrected chi connectivity index (χ2v) is 7.67. The minimum atomic E-state index is 0. The summed E-state index contributed by atoms with van der Waals surface area (Å²) in [7, 11) is 0. The molecule has 1 aliphatic heterocycles. The third-order valence-corrected chi connectivity index (χ3v) is 5.75. The Morgan fingerprint density at radius 3 is 2.39 bits per heavy atom. The van der Waals surface area contributed by atoms with Crippen LogP contribution in [0.2, 0.25) is 0 Å². The molecule has 2 unspecified atom stereocenters. The fourth-order valence-corrected chi connectivity index (χ4v) is 3.90. The van der Waals surface area contributed by atoms with Crippen molar-refractivity contribution in [1.82, 2.24) is 9.80 Å². The van der Waals surface area contributed by atoms with Crippen LogP contribution in [-0.2, 0) is 9.59 Å². The molecule has 1 saturated carbocycles. The molecule has 8 heteroatoms. The zero-order valence-electron chi connectivity index (χ0n) is 16.6. The molecule has 3 N–H and O–H groups in total. The maximum absolute atomic E-state index is 12.6. The van der Waals surface area contributed by atoms with E-state index < -0.39 is 0 Å². The highest BCUT2D eigenvalue weighted by atomic mass is 35.5. The summed E-state index contributed by atoms with van der Waals surface area (Å²) < 4.78 is 0. The van der Waals surface area contributed by atoms with E-state index >= 15 is 0 Å². The van der Waals surface area contributed by atoms with Crippen LogP contribution in [0.25, 0.3) is 0 Å². The third kappa shape index (κ3) is 6.08. The summed E-state index contributed by atoms with van der Waals surface area (Å²) in [6.07, 6.45) is 2.69. The molecule has 3 rings (SSSR count). The summed E-state index contributed by atoms with van der Waals surface area (Å²) in [5.74, 6) is 0.349. The Morgan fingerprint density at radius 2 is 1.79 bits per heavy atom. The molecule has 2 fully saturated rings. The number of hydrogen-bond acceptors (Lipinski definition) is 4. The molecule has 0 spiro atoms. The van der Waals surface area contributed by atoms with Crippen LogP contribution < -0.4 is 11.1 Å². The fraction of sp³-hybridized carbons (Fsp3) is 0.600. The molecule has 28 heavy (non-hydrogen) atoms. The summed E-state index contributed by atoms with van der Waals surface area (Å²) in [6, 6.07) is 6.11. The van der Waals surface area contributed by atoms with E-state index in [9.17, 15) is 9.59 Å². The smallest absolute Gasteiger partial charge is 0.238 e. The van der Waals surface area contributed by atoms with E-state index in [4.69, 9.17) is 5.73 Å². The SMILES string of the molecule is Cc1cccc(NC(=O)CN2CCN(C(=O)C3CCC(N)C3)CC2)c1C.Cl.Cl. The Balaban J connectivity index is 0.00000196. The maximum atomic E-state index is 12.6. The van der Waals surface area contributed by atoms with Crippen LogP contribution >= 0.6 is 24.8 Å². The number of piperazine rings is 1. The lowest BCUT2D eigenvalue weighted by Crippen LogP contribution is -2.51. The van der Waals surface area contributed by atoms with Gasteiger partial charge in [-0.1, -0.05) is 12.1 Å². The topological polar surface area (TPSA) is 78.7 Å². The van der Waals surface area contributed by atoms with Crippen molar-refractivity contribution in [2.24, 2.45) is 11.7 Å². The highest BCUT2D eigenvalue weighted by Gasteiger charge is 2.32. The first-order valence-corrected chi connectivity index (χ1v) is 9.57. The number of nitrogens with zero attached hydrogens (tertiary/aromatic N) is 2. The van der Waals surface area contributed by atoms with Crippen molar-refractivity contribution in [2.45, 2.75) is 39.2 Å². The summed E-state index contributed by atoms with van der Waals surface area (Å²) in [5.41, 5.74) is 9.08. The lowest BCUT2D eigenvalue weighted by atomic mass is 10.1. The van der Waals surface area contributed by atoms with Crippen LogP contribution in [0.4, 0.5) is 5.69 Å². The molecule has 2 atom stereocenters. The largest absolute Gasteiger partial charge is 0.340 e. The summed E-state index contributed by atoms with van der Waals surface area (Å²) >= 11 is 0. The second-order valence-electron chi connectivity index (χ2n) is 7.67. The number of anilines is 1. The molecule has 0 aromatic heterocycles. The first kappa shape index (κ1) is 24.7. The number of amides is 2. The van der Waals surface area contributed by atoms with Crippen molar-refractivity contribution in [2.75, 3.05) is 38.0 Å². The van der Waals surface area contributed by atoms with Crippen LogP contribution in [0.15, 0.2) is 18.2 Å². The zero-order valence-corrected chi connectivity index (χ0v) is 18.3. The summed E-state index contributed by atoms with van der Waals surface area (Å²) in [4.78, 5) is 29.0. The number of carbonyl (C=O) groups is 2. The number of rotatable bonds is 4. The Hall–Kier alpha value is -1.34. The van der Waals surface area contributed by atoms with Gasteiger partial charge < -0.3 is 16.0 Å². The number of hydrogen-bond donors (Lipinski definition) is 2. The van der Waals surface area contributed by atoms with E-state index in [1.54, 1.807) is 0 Å². The van der Waals surface area contributed by atoms with E-state index in [0.717, 1.165) is 43.6 Å². The van der Waals surface area contributed by atoms with Gasteiger partial charge in [-0.25, -0.2) is 0 Å². The van der Waals surface area contributed by atoms with Gasteiger partial charge in [-0.05, 0) is 50.3 Å². The minimum Gasteiger partial charge on any atom is -0.340 e. The van der Waals surface area contributed by atoms with Gasteiger partial charge in [0.15, 0.2) is 0 Å². The molecule has 1 aromatic rings. The number of nitrogens with one attached hydrogen (secondary N) is 1. The minimum absolute atomic E-state index is 0. The van der Waals surface area contributed by atoms with Crippen molar-refractivity contribution >= 4 is 42.3 Å². The van der Waals surface area contributed by atoms with Gasteiger partial charge in [0.25, 0.3) is 0 Å². The van der Waals surface area contributed by atoms with Crippen LogP contribution in [0, 0.1) is 19.8 Å². The average molecular weight is 431 g/mol. The Bertz CT molecular complexity index is 678. The maximum Gasteiger partial charge on any atom is 0.238 e. The number of carbonyl (C=O) groups excluding carboxylic acids is 2. The van der Waals surface area contributed by atoms with Gasteiger partial charge in [-0.15, -0.1) is 24.8 Å². The highest BCUT2D eigenvalue weighted by molar-refractivity contribution is 5.93. The summed E-state index contributed by atoms with van der Waals surface area (Å²) in [5, 5.41) is 3.01. The highest BCUT2D eigenvalue weighted by Crippen LogP contribution is 2.26. The molecule has 2 aliphatic rings. The fourth-order valence-electron chi connectivity index (χ4n) is 3.90. The van der Waals surface area contributed by atoms with Gasteiger partial charge in [0.1, 0.15) is 0 Å². The molecule has 158 valence electrons. The molecule has 2 amide bonds. The number of nitrogens with two attached hydrogens (primary N) is 1. The molecule has 6 nitrogen and oxygen atoms in total. The van der Waals surface area contributed by atoms with Crippen molar-refractivity contribution in [3.8, 4) is 0 Å². The average Bonchev–Trinajstić information content (AvgIpc) is 3.05. The molecule has 1 aromatic carbocycles. The first-order chi connectivity index (χ1) is 12.4. The molecule has 1 heterocycles. The van der Waals surface area contributed by atoms with Crippen LogP contribution in [0.3, 0.4) is 0 Å². The standard InChI is InChI=1S/C20H30N4O2.2ClH/c1-14-4-3-5-18(15(14)2)22-19(25)13-23-8-10-24(11-9-23)20(26)16-6-7-17(21)12-16;;/h3-5,16-17H,6-13,21H2,1-2H3,(H,22,25);2*1H. The predicted octanol–water partition coefficient (Wildman–Crippen LogP) is 2.36. The predicted molar refractivity (Wildman–Crippen MR) is 117 cm³/mol. The van der Waals surface area contributed by atoms with Gasteiger partial charge in [0, 0.05) is 43.8 Å². The van der Waals surface area contributed by atoms with Crippen LogP contribution in [0.1, 0.15) is 30.4 Å². The van der Waals surface area contributed by atoms with E-state index in [1.165, 1.54) is 5.56 Å². The number of halogens is 2. The van der Waals surface area contributed by atoms with Crippen molar-refractivity contribution in [3.05, 3.63) is 29.3 Å². The van der Waals surface area contributed by atoms with Gasteiger partial charge in [0.05, 0.1) is 6.54 Å². The first-order valence-electron chi connectivity index (χ1n) is 9.57. The van der Waals surface area contributed by atoms with Crippen LogP contribution in [-0.4, -0.2) is 60.4 Å². The van der Waals surface area contributed by atoms with E-state index in [2.05, 4.69) is 10.2 Å². The van der Waals surface area contributed by atoms with Gasteiger partial charge in [0.2, 0.25) is 11.8 Å². The number of aryl methyl sites for hydroxylation is 1. The normalized spacial score (nSPS) is 22.2. The quantitative estimate of drug-likeness (QED) is 0.767. The van der Waals surface area contributed by atoms with Gasteiger partial charge in [-0.3, -0.25) is 14.5 Å². The third-order valence-electron chi connectivity index (χ3n) is 5.75. The van der Waals surface area contributed by atoms with E-state index in [0.29, 0.717) is 19.6 Å². The number of benzene rings is 1. The van der Waals surface area contributed by atoms with Crippen molar-refractivity contribution in [1.29, 1.82) is 0 Å². The second kappa shape index (κ2) is 11.0. The molecule has 1 saturated heterocycles. The monoisotopic (exact) mass is 430 g/mol. The zero-order chi connectivity index (χ0) is 18.7. The molecule has 0 bridgehead atoms. The van der Waals surface area contributed by atoms with E-state index in [-0.39, 0.29) is 48.6 Å². The Morgan fingerprint density at radius 1 is 1.11 bits per heavy atom. The van der Waals surface area contributed by atoms with Crippen LogP contribution in [0.5, 0.6) is 0 Å². The van der Waals surface area contributed by atoms with Crippen molar-refractivity contribution < 1.29 is 9.59 Å². The summed E-state index contributed by atoms with van der Waals surface area (Å²) in [6.45, 7) is 7.30. The van der Waals surface area contributed by atoms with Crippen molar-refractivity contribution in [3.63, 3.8) is 0 Å². The molecular weight excluding hydrogens is 399 g/mol. The Labute approximate surface area is 180 Å². The lowest BCUT2D eigenvalue weighted by molar-refractivity contribution is -0.137. The van der Waals surface area contributed by atoms with Gasteiger partial charge in [-0.2, -0.15) is 0 Å². The Kier molecular flexibility index (Phi) is 9.70. The molecular formula is C20H32Cl2N4O2.